The van der Waals surface area contributed by atoms with Crippen LogP contribution in [0.3, 0.4) is 0 Å². The SMILES string of the molecule is COC(=O)c1ccc(N)c(Nc2nc3c(s2)CCCC3)c1. The average Bonchev–Trinajstić information content (AvgIpc) is 2.91. The lowest BCUT2D eigenvalue weighted by atomic mass is 10.0. The molecular formula is C15H17N3O2S. The van der Waals surface area contributed by atoms with E-state index in [9.17, 15) is 4.79 Å². The highest BCUT2D eigenvalue weighted by Gasteiger charge is 2.16. The van der Waals surface area contributed by atoms with Crippen LogP contribution < -0.4 is 11.1 Å². The maximum Gasteiger partial charge on any atom is 0.337 e. The number of methoxy groups -OCH3 is 1. The molecule has 0 radical (unpaired) electrons. The van der Waals surface area contributed by atoms with Gasteiger partial charge >= 0.3 is 5.97 Å². The number of hydrogen-bond acceptors (Lipinski definition) is 6. The molecule has 0 spiro atoms. The largest absolute Gasteiger partial charge is 0.465 e. The van der Waals surface area contributed by atoms with Crippen LogP contribution in [0.4, 0.5) is 16.5 Å². The normalized spacial score (nSPS) is 13.6. The molecule has 1 aliphatic carbocycles. The molecule has 0 aliphatic heterocycles. The molecule has 3 N–H and O–H groups in total. The number of nitrogens with one attached hydrogen (secondary N) is 1. The van der Waals surface area contributed by atoms with E-state index >= 15 is 0 Å². The Morgan fingerprint density at radius 3 is 2.95 bits per heavy atom. The molecule has 0 unspecified atom stereocenters. The Bertz CT molecular complexity index is 658. The van der Waals surface area contributed by atoms with Crippen molar-refractivity contribution in [2.45, 2.75) is 25.7 Å². The lowest BCUT2D eigenvalue weighted by Crippen LogP contribution is -2.04. The number of rotatable bonds is 3. The summed E-state index contributed by atoms with van der Waals surface area (Å²) < 4.78 is 4.73. The van der Waals surface area contributed by atoms with Crippen molar-refractivity contribution in [1.29, 1.82) is 0 Å². The van der Waals surface area contributed by atoms with Crippen LogP contribution in [-0.4, -0.2) is 18.1 Å². The number of esters is 1. The molecule has 1 aromatic heterocycles. The zero-order valence-electron chi connectivity index (χ0n) is 11.8. The number of anilines is 3. The van der Waals surface area contributed by atoms with Crippen molar-refractivity contribution >= 4 is 33.8 Å². The first kappa shape index (κ1) is 13.9. The molecule has 0 bridgehead atoms. The number of ether oxygens (including phenoxy) is 1. The molecular weight excluding hydrogens is 286 g/mol. The number of fused-ring (bicyclic) bond motifs is 1. The van der Waals surface area contributed by atoms with E-state index in [2.05, 4.69) is 10.3 Å². The van der Waals surface area contributed by atoms with Gasteiger partial charge in [0.05, 0.1) is 29.7 Å². The van der Waals surface area contributed by atoms with Crippen LogP contribution >= 0.6 is 11.3 Å². The molecule has 0 saturated heterocycles. The molecule has 0 amide bonds. The van der Waals surface area contributed by atoms with Gasteiger partial charge in [-0.2, -0.15) is 0 Å². The second-order valence-electron chi connectivity index (χ2n) is 5.01. The molecule has 0 atom stereocenters. The summed E-state index contributed by atoms with van der Waals surface area (Å²) in [5.74, 6) is -0.378. The zero-order chi connectivity index (χ0) is 14.8. The first-order valence-corrected chi connectivity index (χ1v) is 7.72. The Morgan fingerprint density at radius 2 is 2.19 bits per heavy atom. The van der Waals surface area contributed by atoms with Crippen molar-refractivity contribution in [3.8, 4) is 0 Å². The fourth-order valence-electron chi connectivity index (χ4n) is 2.43. The second kappa shape index (κ2) is 5.73. The summed E-state index contributed by atoms with van der Waals surface area (Å²) in [6.45, 7) is 0. The topological polar surface area (TPSA) is 77.2 Å². The molecule has 0 saturated carbocycles. The van der Waals surface area contributed by atoms with Gasteiger partial charge in [-0.05, 0) is 43.9 Å². The summed E-state index contributed by atoms with van der Waals surface area (Å²) in [6.07, 6.45) is 4.59. The van der Waals surface area contributed by atoms with E-state index in [-0.39, 0.29) is 5.97 Å². The number of nitrogen functional groups attached to an aromatic ring is 1. The Hall–Kier alpha value is -2.08. The third-order valence-electron chi connectivity index (χ3n) is 3.56. The van der Waals surface area contributed by atoms with E-state index in [1.54, 1.807) is 29.5 Å². The molecule has 1 aliphatic rings. The lowest BCUT2D eigenvalue weighted by molar-refractivity contribution is 0.0601. The Kier molecular flexibility index (Phi) is 3.79. The molecule has 1 aromatic carbocycles. The smallest absolute Gasteiger partial charge is 0.337 e. The number of aromatic nitrogens is 1. The third-order valence-corrected chi connectivity index (χ3v) is 4.63. The highest BCUT2D eigenvalue weighted by Crippen LogP contribution is 2.32. The van der Waals surface area contributed by atoms with Gasteiger partial charge in [0.25, 0.3) is 0 Å². The summed E-state index contributed by atoms with van der Waals surface area (Å²) in [6, 6.07) is 5.04. The lowest BCUT2D eigenvalue weighted by Gasteiger charge is -2.08. The third kappa shape index (κ3) is 2.85. The van der Waals surface area contributed by atoms with Gasteiger partial charge in [-0.1, -0.05) is 0 Å². The van der Waals surface area contributed by atoms with Crippen molar-refractivity contribution in [2.24, 2.45) is 0 Å². The summed E-state index contributed by atoms with van der Waals surface area (Å²) >= 11 is 1.66. The molecule has 2 aromatic rings. The van der Waals surface area contributed by atoms with Crippen molar-refractivity contribution in [1.82, 2.24) is 4.98 Å². The maximum atomic E-state index is 11.6. The number of thiazole rings is 1. The summed E-state index contributed by atoms with van der Waals surface area (Å²) in [5, 5.41) is 4.05. The van der Waals surface area contributed by atoms with Gasteiger partial charge in [-0.25, -0.2) is 9.78 Å². The predicted octanol–water partition coefficient (Wildman–Crippen LogP) is 3.13. The fraction of sp³-hybridized carbons (Fsp3) is 0.333. The van der Waals surface area contributed by atoms with E-state index in [1.165, 1.54) is 30.5 Å². The first-order chi connectivity index (χ1) is 10.2. The van der Waals surface area contributed by atoms with Gasteiger partial charge in [0, 0.05) is 4.88 Å². The zero-order valence-corrected chi connectivity index (χ0v) is 12.6. The quantitative estimate of drug-likeness (QED) is 0.673. The van der Waals surface area contributed by atoms with Crippen molar-refractivity contribution < 1.29 is 9.53 Å². The van der Waals surface area contributed by atoms with Crippen LogP contribution in [-0.2, 0) is 17.6 Å². The van der Waals surface area contributed by atoms with E-state index < -0.39 is 0 Å². The highest BCUT2D eigenvalue weighted by atomic mass is 32.1. The average molecular weight is 303 g/mol. The van der Waals surface area contributed by atoms with E-state index in [0.29, 0.717) is 16.9 Å². The maximum absolute atomic E-state index is 11.6. The summed E-state index contributed by atoms with van der Waals surface area (Å²) in [7, 11) is 1.36. The van der Waals surface area contributed by atoms with Crippen molar-refractivity contribution in [2.75, 3.05) is 18.2 Å². The van der Waals surface area contributed by atoms with Gasteiger partial charge in [-0.3, -0.25) is 0 Å². The van der Waals surface area contributed by atoms with Crippen LogP contribution in [0.1, 0.15) is 33.8 Å². The Balaban J connectivity index is 1.87. The van der Waals surface area contributed by atoms with Crippen LogP contribution in [0.25, 0.3) is 0 Å². The molecule has 110 valence electrons. The number of benzene rings is 1. The highest BCUT2D eigenvalue weighted by molar-refractivity contribution is 7.15. The minimum Gasteiger partial charge on any atom is -0.465 e. The summed E-state index contributed by atoms with van der Waals surface area (Å²) in [5.41, 5.74) is 8.89. The van der Waals surface area contributed by atoms with Gasteiger partial charge in [0.15, 0.2) is 5.13 Å². The molecule has 5 nitrogen and oxygen atoms in total. The molecule has 6 heteroatoms. The number of aryl methyl sites for hydroxylation is 2. The number of nitrogens with two attached hydrogens (primary N) is 1. The first-order valence-electron chi connectivity index (χ1n) is 6.91. The van der Waals surface area contributed by atoms with Gasteiger partial charge in [0.1, 0.15) is 0 Å². The fourth-order valence-corrected chi connectivity index (χ4v) is 3.49. The van der Waals surface area contributed by atoms with Gasteiger partial charge in [0.2, 0.25) is 0 Å². The van der Waals surface area contributed by atoms with Crippen LogP contribution in [0.2, 0.25) is 0 Å². The standard InChI is InChI=1S/C15H17N3O2S/c1-20-14(19)9-6-7-10(16)12(8-9)18-15-17-11-4-2-3-5-13(11)21-15/h6-8H,2-5,16H2,1H3,(H,17,18). The number of nitrogens with zero attached hydrogens (tertiary/aromatic N) is 1. The van der Waals surface area contributed by atoms with Crippen LogP contribution in [0.15, 0.2) is 18.2 Å². The van der Waals surface area contributed by atoms with Crippen molar-refractivity contribution in [3.63, 3.8) is 0 Å². The van der Waals surface area contributed by atoms with Crippen molar-refractivity contribution in [3.05, 3.63) is 34.3 Å². The number of carbonyl (C=O) groups excluding carboxylic acids is 1. The minimum absolute atomic E-state index is 0.378. The Labute approximate surface area is 127 Å². The number of carbonyl (C=O) groups is 1. The monoisotopic (exact) mass is 303 g/mol. The number of hydrogen-bond donors (Lipinski definition) is 2. The van der Waals surface area contributed by atoms with E-state index in [4.69, 9.17) is 10.5 Å². The van der Waals surface area contributed by atoms with E-state index in [1.807, 2.05) is 0 Å². The summed E-state index contributed by atoms with van der Waals surface area (Å²) in [4.78, 5) is 17.6. The molecule has 21 heavy (non-hydrogen) atoms. The van der Waals surface area contributed by atoms with Crippen LogP contribution in [0, 0.1) is 0 Å². The molecule has 3 rings (SSSR count). The Morgan fingerprint density at radius 1 is 1.38 bits per heavy atom. The van der Waals surface area contributed by atoms with Gasteiger partial charge in [-0.15, -0.1) is 11.3 Å². The van der Waals surface area contributed by atoms with E-state index in [0.717, 1.165) is 18.0 Å². The molecule has 1 heterocycles. The van der Waals surface area contributed by atoms with Gasteiger partial charge < -0.3 is 15.8 Å². The molecule has 0 fully saturated rings. The minimum atomic E-state index is -0.378. The van der Waals surface area contributed by atoms with Crippen LogP contribution in [0.5, 0.6) is 0 Å². The second-order valence-corrected chi connectivity index (χ2v) is 6.10. The predicted molar refractivity (Wildman–Crippen MR) is 84.2 cm³/mol.